The third kappa shape index (κ3) is 3.20. The Morgan fingerprint density at radius 3 is 2.60 bits per heavy atom. The molecule has 20 heavy (non-hydrogen) atoms. The van der Waals surface area contributed by atoms with E-state index in [0.717, 1.165) is 12.5 Å². The van der Waals surface area contributed by atoms with Crippen molar-refractivity contribution < 1.29 is 4.74 Å². The summed E-state index contributed by atoms with van der Waals surface area (Å²) in [5, 5.41) is 0. The average Bonchev–Trinajstić information content (AvgIpc) is 2.40. The summed E-state index contributed by atoms with van der Waals surface area (Å²) >= 11 is 0. The summed E-state index contributed by atoms with van der Waals surface area (Å²) in [5.41, 5.74) is 6.68. The van der Waals surface area contributed by atoms with Gasteiger partial charge in [-0.2, -0.15) is 0 Å². The van der Waals surface area contributed by atoms with Gasteiger partial charge in [0.15, 0.2) is 0 Å². The maximum Gasteiger partial charge on any atom is 0.0777 e. The minimum atomic E-state index is 0.0546. The van der Waals surface area contributed by atoms with Gasteiger partial charge in [-0.15, -0.1) is 0 Å². The molecule has 2 N–H and O–H groups in total. The van der Waals surface area contributed by atoms with Crippen LogP contribution < -0.4 is 5.73 Å². The van der Waals surface area contributed by atoms with Crippen molar-refractivity contribution in [2.45, 2.75) is 65.0 Å². The number of ether oxygens (including phenoxy) is 1. The van der Waals surface area contributed by atoms with Crippen molar-refractivity contribution in [3.05, 3.63) is 0 Å². The fourth-order valence-electron chi connectivity index (χ4n) is 4.21. The Balaban J connectivity index is 1.99. The van der Waals surface area contributed by atoms with Crippen LogP contribution in [-0.4, -0.2) is 43.3 Å². The Labute approximate surface area is 125 Å². The molecule has 3 nitrogen and oxygen atoms in total. The highest BCUT2D eigenvalue weighted by molar-refractivity contribution is 4.95. The molecule has 0 radical (unpaired) electrons. The Morgan fingerprint density at radius 2 is 1.95 bits per heavy atom. The van der Waals surface area contributed by atoms with Gasteiger partial charge in [-0.05, 0) is 56.4 Å². The summed E-state index contributed by atoms with van der Waals surface area (Å²) in [4.78, 5) is 2.63. The molecule has 0 aromatic heterocycles. The molecule has 0 aromatic carbocycles. The summed E-state index contributed by atoms with van der Waals surface area (Å²) in [6, 6.07) is 0.381. The predicted octanol–water partition coefficient (Wildman–Crippen LogP) is 2.89. The Morgan fingerprint density at radius 1 is 1.25 bits per heavy atom. The van der Waals surface area contributed by atoms with E-state index in [9.17, 15) is 0 Å². The fraction of sp³-hybridized carbons (Fsp3) is 1.00. The second kappa shape index (κ2) is 5.94. The van der Waals surface area contributed by atoms with Crippen molar-refractivity contribution in [2.24, 2.45) is 23.0 Å². The first kappa shape index (κ1) is 16.3. The van der Waals surface area contributed by atoms with Gasteiger partial charge >= 0.3 is 0 Å². The molecule has 2 aliphatic rings. The molecule has 1 heterocycles. The molecule has 4 unspecified atom stereocenters. The highest BCUT2D eigenvalue weighted by Gasteiger charge is 2.43. The zero-order chi connectivity index (χ0) is 15.0. The highest BCUT2D eigenvalue weighted by Crippen LogP contribution is 2.45. The summed E-state index contributed by atoms with van der Waals surface area (Å²) in [7, 11) is 1.86. The maximum absolute atomic E-state index is 6.28. The number of nitrogens with two attached hydrogens (primary N) is 1. The first-order chi connectivity index (χ1) is 9.28. The maximum atomic E-state index is 6.28. The number of methoxy groups -OCH3 is 1. The zero-order valence-electron chi connectivity index (χ0n) is 14.1. The van der Waals surface area contributed by atoms with E-state index in [1.165, 1.54) is 38.8 Å². The first-order valence-corrected chi connectivity index (χ1v) is 8.31. The van der Waals surface area contributed by atoms with E-state index in [-0.39, 0.29) is 5.60 Å². The number of piperidine rings is 1. The van der Waals surface area contributed by atoms with Crippen molar-refractivity contribution in [1.29, 1.82) is 0 Å². The number of hydrogen-bond acceptors (Lipinski definition) is 3. The SMILES string of the molecule is COC1(C)CCCN(CC2CCC(N)C(C)C2(C)C)C1. The lowest BCUT2D eigenvalue weighted by Crippen LogP contribution is -2.53. The second-order valence-corrected chi connectivity index (χ2v) is 8.04. The van der Waals surface area contributed by atoms with Crippen LogP contribution in [-0.2, 0) is 4.74 Å². The Bertz CT molecular complexity index is 331. The van der Waals surface area contributed by atoms with Gasteiger partial charge in [0.05, 0.1) is 5.60 Å². The fourth-order valence-corrected chi connectivity index (χ4v) is 4.21. The van der Waals surface area contributed by atoms with Crippen LogP contribution in [0.2, 0.25) is 0 Å². The third-order valence-corrected chi connectivity index (χ3v) is 6.43. The van der Waals surface area contributed by atoms with Crippen LogP contribution >= 0.6 is 0 Å². The van der Waals surface area contributed by atoms with Gasteiger partial charge in [0.25, 0.3) is 0 Å². The normalized spacial score (nSPS) is 42.6. The largest absolute Gasteiger partial charge is 0.377 e. The van der Waals surface area contributed by atoms with Crippen LogP contribution in [0.5, 0.6) is 0 Å². The molecule has 0 spiro atoms. The van der Waals surface area contributed by atoms with Crippen LogP contribution in [0.25, 0.3) is 0 Å². The van der Waals surface area contributed by atoms with E-state index >= 15 is 0 Å². The van der Waals surface area contributed by atoms with Crippen LogP contribution in [0.3, 0.4) is 0 Å². The van der Waals surface area contributed by atoms with E-state index in [1.807, 2.05) is 7.11 Å². The quantitative estimate of drug-likeness (QED) is 0.865. The topological polar surface area (TPSA) is 38.5 Å². The van der Waals surface area contributed by atoms with E-state index in [2.05, 4.69) is 32.6 Å². The van der Waals surface area contributed by atoms with E-state index in [4.69, 9.17) is 10.5 Å². The van der Waals surface area contributed by atoms with E-state index in [1.54, 1.807) is 0 Å². The van der Waals surface area contributed by atoms with Crippen LogP contribution in [0, 0.1) is 17.3 Å². The van der Waals surface area contributed by atoms with Crippen molar-refractivity contribution >= 4 is 0 Å². The molecule has 3 heteroatoms. The number of nitrogens with zero attached hydrogens (tertiary/aromatic N) is 1. The molecule has 1 aliphatic carbocycles. The van der Waals surface area contributed by atoms with E-state index in [0.29, 0.717) is 17.4 Å². The van der Waals surface area contributed by atoms with Crippen molar-refractivity contribution in [2.75, 3.05) is 26.7 Å². The number of hydrogen-bond donors (Lipinski definition) is 1. The molecule has 0 amide bonds. The lowest BCUT2D eigenvalue weighted by molar-refractivity contribution is -0.0644. The van der Waals surface area contributed by atoms with Gasteiger partial charge in [0.2, 0.25) is 0 Å². The highest BCUT2D eigenvalue weighted by atomic mass is 16.5. The summed E-state index contributed by atoms with van der Waals surface area (Å²) in [5.74, 6) is 1.37. The molecule has 1 saturated carbocycles. The average molecular weight is 282 g/mol. The molecular formula is C17H34N2O. The van der Waals surface area contributed by atoms with Gasteiger partial charge in [-0.1, -0.05) is 20.8 Å². The lowest BCUT2D eigenvalue weighted by Gasteiger charge is -2.50. The van der Waals surface area contributed by atoms with Gasteiger partial charge in [-0.3, -0.25) is 0 Å². The zero-order valence-corrected chi connectivity index (χ0v) is 14.1. The Hall–Kier alpha value is -0.120. The summed E-state index contributed by atoms with van der Waals surface area (Å²) in [6.07, 6.45) is 4.91. The molecular weight excluding hydrogens is 248 g/mol. The number of rotatable bonds is 3. The minimum absolute atomic E-state index is 0.0546. The first-order valence-electron chi connectivity index (χ1n) is 8.31. The van der Waals surface area contributed by atoms with Gasteiger partial charge in [-0.25, -0.2) is 0 Å². The minimum Gasteiger partial charge on any atom is -0.377 e. The van der Waals surface area contributed by atoms with Crippen LogP contribution in [0.15, 0.2) is 0 Å². The lowest BCUT2D eigenvalue weighted by atomic mass is 9.61. The number of likely N-dealkylation sites (tertiary alicyclic amines) is 1. The Kier molecular flexibility index (Phi) is 4.83. The van der Waals surface area contributed by atoms with Gasteiger partial charge in [0, 0.05) is 26.2 Å². The summed E-state index contributed by atoms with van der Waals surface area (Å²) < 4.78 is 5.73. The van der Waals surface area contributed by atoms with Crippen molar-refractivity contribution in [3.8, 4) is 0 Å². The molecule has 118 valence electrons. The summed E-state index contributed by atoms with van der Waals surface area (Å²) in [6.45, 7) is 12.9. The smallest absolute Gasteiger partial charge is 0.0777 e. The standard InChI is InChI=1S/C17H34N2O/c1-13-15(18)8-7-14(16(13,2)3)11-19-10-6-9-17(4,12-19)20-5/h13-15H,6-12,18H2,1-5H3. The third-order valence-electron chi connectivity index (χ3n) is 6.43. The van der Waals surface area contributed by atoms with Gasteiger partial charge in [0.1, 0.15) is 0 Å². The molecule has 0 aromatic rings. The van der Waals surface area contributed by atoms with Crippen molar-refractivity contribution in [1.82, 2.24) is 4.90 Å². The molecule has 4 atom stereocenters. The monoisotopic (exact) mass is 282 g/mol. The molecule has 2 fully saturated rings. The molecule has 0 bridgehead atoms. The second-order valence-electron chi connectivity index (χ2n) is 8.04. The van der Waals surface area contributed by atoms with Crippen LogP contribution in [0.4, 0.5) is 0 Å². The predicted molar refractivity (Wildman–Crippen MR) is 84.7 cm³/mol. The molecule has 1 aliphatic heterocycles. The van der Waals surface area contributed by atoms with Gasteiger partial charge < -0.3 is 15.4 Å². The van der Waals surface area contributed by atoms with E-state index < -0.39 is 0 Å². The van der Waals surface area contributed by atoms with Crippen molar-refractivity contribution in [3.63, 3.8) is 0 Å². The molecule has 2 rings (SSSR count). The van der Waals surface area contributed by atoms with Crippen LogP contribution in [0.1, 0.15) is 53.4 Å². The molecule has 1 saturated heterocycles.